The van der Waals surface area contributed by atoms with E-state index in [-0.39, 0.29) is 131 Å². The molecule has 25 nitrogen and oxygen atoms in total. The lowest BCUT2D eigenvalue weighted by Crippen LogP contribution is -2.29. The standard InChI is InChI=1S/C26H24N2O7S.C25H21FN2O6S.C23H18N2O4.C2H3FO2S/c1-3-12-28(13-14-36(32,33)34-2)16-8-10-17(11-9-16)35-21-15-20(29)22-23(24(21)27)26(31)19-7-5-4-6-18(19)25(22)30;1-2-11-28(12-13-35(26,32)33)15-7-9-16(10-8-15)34-20-14-19(29)21-22(23(20)27)25(31)18-6-4-3-5-17(18)24(21)30;1-2-11-25-13-7-9-14(10-8-13)29-18-12-17(26)19-20(21(18)24)23(28)16-6-4-3-5-15(16)22(19)27;1-2-6(3,4)5/h3-11,15,29H,1,12-14,27H2,2H3;2-10,14,29H,1,11-13,27H2;2-10,12,25-26H,1,11,24H2;2H,1H2. The van der Waals surface area contributed by atoms with Crippen molar-refractivity contribution in [3.8, 4) is 51.7 Å². The number of nitrogen functional groups attached to an aromatic ring is 3. The van der Waals surface area contributed by atoms with E-state index in [0.29, 0.717) is 48.3 Å². The highest BCUT2D eigenvalue weighted by Crippen LogP contribution is 2.46. The lowest BCUT2D eigenvalue weighted by Gasteiger charge is -2.23. The van der Waals surface area contributed by atoms with Gasteiger partial charge in [-0.3, -0.25) is 33.0 Å². The van der Waals surface area contributed by atoms with Crippen LogP contribution in [0, 0.1) is 0 Å². The maximum Gasteiger partial charge on any atom is 0.324 e. The zero-order chi connectivity index (χ0) is 77.1. The number of hydrogen-bond acceptors (Lipinski definition) is 25. The van der Waals surface area contributed by atoms with Crippen LogP contribution in [0.5, 0.6) is 51.7 Å². The second kappa shape index (κ2) is 32.7. The summed E-state index contributed by atoms with van der Waals surface area (Å²) in [5, 5.41) is 35.0. The Labute approximate surface area is 607 Å². The van der Waals surface area contributed by atoms with Crippen molar-refractivity contribution in [2.45, 2.75) is 0 Å². The molecule has 0 bridgehead atoms. The van der Waals surface area contributed by atoms with Gasteiger partial charge in [0.05, 0.1) is 74.5 Å². The van der Waals surface area contributed by atoms with Crippen LogP contribution in [-0.2, 0) is 34.7 Å². The number of phenolic OH excluding ortho intramolecular Hbond substituents is 3. The van der Waals surface area contributed by atoms with Crippen LogP contribution in [0.1, 0.15) is 95.5 Å². The quantitative estimate of drug-likeness (QED) is 0.0103. The van der Waals surface area contributed by atoms with E-state index >= 15 is 0 Å². The minimum atomic E-state index is -4.63. The predicted molar refractivity (Wildman–Crippen MR) is 396 cm³/mol. The summed E-state index contributed by atoms with van der Waals surface area (Å²) in [7, 11) is -11.5. The molecule has 9 aromatic carbocycles. The molecule has 0 amide bonds. The summed E-state index contributed by atoms with van der Waals surface area (Å²) in [6.07, 6.45) is 4.95. The second-order valence-corrected chi connectivity index (χ2v) is 27.7. The van der Waals surface area contributed by atoms with Crippen molar-refractivity contribution in [2.75, 3.05) is 83.7 Å². The molecule has 0 radical (unpaired) electrons. The SMILES string of the molecule is C=CCN(CCS(=O)(=O)F)c1ccc(Oc2cc(O)c3c(c2N)C(=O)c2ccccc2C3=O)cc1.C=CCN(CCS(=O)(=O)OC)c1ccc(Oc2cc(O)c3c(c2N)C(=O)c2ccccc2C3=O)cc1.C=CCNc1ccc(Oc2cc(O)c3c(c2N)C(=O)c2ccccc2C3=O)cc1.C=CS(=O)(=O)F. The largest absolute Gasteiger partial charge is 0.507 e. The van der Waals surface area contributed by atoms with Gasteiger partial charge in [0, 0.05) is 101 Å². The van der Waals surface area contributed by atoms with Crippen molar-refractivity contribution in [1.29, 1.82) is 0 Å². The first-order chi connectivity index (χ1) is 50.3. The van der Waals surface area contributed by atoms with Gasteiger partial charge in [-0.05, 0) is 72.8 Å². The van der Waals surface area contributed by atoms with Crippen molar-refractivity contribution in [3.05, 3.63) is 281 Å². The molecule has 0 fully saturated rings. The van der Waals surface area contributed by atoms with Crippen molar-refractivity contribution in [2.24, 2.45) is 0 Å². The Bertz CT molecular complexity index is 5400. The van der Waals surface area contributed by atoms with E-state index in [2.05, 4.69) is 35.8 Å². The molecule has 3 aliphatic rings. The first-order valence-electron chi connectivity index (χ1n) is 31.5. The maximum atomic E-state index is 13.1. The van der Waals surface area contributed by atoms with Crippen molar-refractivity contribution in [1.82, 2.24) is 0 Å². The number of fused-ring (bicyclic) bond motifs is 6. The molecule has 0 spiro atoms. The third-order valence-corrected chi connectivity index (χ3v) is 18.6. The number of ether oxygens (including phenoxy) is 3. The molecule has 0 saturated carbocycles. The topological polar surface area (TPSA) is 399 Å². The summed E-state index contributed by atoms with van der Waals surface area (Å²) in [5.41, 5.74) is 21.3. The number of carbonyl (C=O) groups excluding carboxylic acids is 6. The van der Waals surface area contributed by atoms with Crippen LogP contribution in [0.15, 0.2) is 214 Å². The number of ketones is 6. The molecule has 3 aliphatic carbocycles. The minimum Gasteiger partial charge on any atom is -0.507 e. The number of hydrogen-bond donors (Lipinski definition) is 7. The van der Waals surface area contributed by atoms with E-state index in [1.54, 1.807) is 137 Å². The van der Waals surface area contributed by atoms with Gasteiger partial charge in [0.1, 0.15) is 34.5 Å². The number of phenols is 3. The third kappa shape index (κ3) is 17.5. The number of benzene rings is 9. The molecule has 12 rings (SSSR count). The first kappa shape index (κ1) is 77.4. The summed E-state index contributed by atoms with van der Waals surface area (Å²) in [5.74, 6) is -3.64. The second-order valence-electron chi connectivity index (χ2n) is 23.1. The Morgan fingerprint density at radius 2 is 0.717 bits per heavy atom. The molecule has 0 atom stereocenters. The molecule has 30 heteroatoms. The molecular weight excluding hydrogens is 1440 g/mol. The molecule has 0 aliphatic heterocycles. The van der Waals surface area contributed by atoms with Crippen molar-refractivity contribution < 1.29 is 95.5 Å². The van der Waals surface area contributed by atoms with E-state index in [9.17, 15) is 77.1 Å². The fourth-order valence-corrected chi connectivity index (χ4v) is 12.3. The van der Waals surface area contributed by atoms with Crippen LogP contribution in [0.25, 0.3) is 0 Å². The molecule has 0 heterocycles. The van der Waals surface area contributed by atoms with Crippen LogP contribution >= 0.6 is 0 Å². The molecule has 10 N–H and O–H groups in total. The average molecular weight is 1500 g/mol. The molecular formula is C76H66F2N6O19S3. The maximum absolute atomic E-state index is 13.1. The fourth-order valence-electron chi connectivity index (χ4n) is 11.2. The van der Waals surface area contributed by atoms with Gasteiger partial charge in [0.25, 0.3) is 10.1 Å². The smallest absolute Gasteiger partial charge is 0.324 e. The van der Waals surface area contributed by atoms with E-state index < -0.39 is 82.5 Å². The molecule has 0 aromatic heterocycles. The van der Waals surface area contributed by atoms with Gasteiger partial charge in [-0.1, -0.05) is 97.6 Å². The van der Waals surface area contributed by atoms with Crippen LogP contribution in [0.2, 0.25) is 0 Å². The fraction of sp³-hybridized carbons (Fsp3) is 0.105. The first-order valence-corrected chi connectivity index (χ1v) is 36.1. The van der Waals surface area contributed by atoms with Gasteiger partial charge >= 0.3 is 20.4 Å². The average Bonchev–Trinajstić information content (AvgIpc) is 0.752. The lowest BCUT2D eigenvalue weighted by molar-refractivity contribution is 0.0977. The van der Waals surface area contributed by atoms with E-state index in [1.165, 1.54) is 42.5 Å². The summed E-state index contributed by atoms with van der Waals surface area (Å²) >= 11 is 0. The van der Waals surface area contributed by atoms with Gasteiger partial charge in [-0.2, -0.15) is 25.3 Å². The van der Waals surface area contributed by atoms with Crippen LogP contribution in [0.3, 0.4) is 0 Å². The number of nitrogens with zero attached hydrogens (tertiary/aromatic N) is 2. The Balaban J connectivity index is 0.000000178. The van der Waals surface area contributed by atoms with Gasteiger partial charge in [0.15, 0.2) is 51.9 Å². The lowest BCUT2D eigenvalue weighted by atomic mass is 9.82. The molecule has 0 unspecified atom stereocenters. The third-order valence-electron chi connectivity index (χ3n) is 16.3. The Kier molecular flexibility index (Phi) is 23.9. The van der Waals surface area contributed by atoms with Crippen molar-refractivity contribution >= 4 is 99.4 Å². The van der Waals surface area contributed by atoms with E-state index in [1.807, 2.05) is 12.1 Å². The molecule has 0 saturated heterocycles. The zero-order valence-electron chi connectivity index (χ0n) is 56.2. The Hall–Kier alpha value is -12.8. The summed E-state index contributed by atoms with van der Waals surface area (Å²) in [6, 6.07) is 42.9. The number of nitrogens with two attached hydrogens (primary N) is 3. The van der Waals surface area contributed by atoms with Gasteiger partial charge in [0.2, 0.25) is 0 Å². The van der Waals surface area contributed by atoms with E-state index in [0.717, 1.165) is 12.8 Å². The Morgan fingerprint density at radius 3 is 0.981 bits per heavy atom. The highest BCUT2D eigenvalue weighted by molar-refractivity contribution is 7.89. The normalized spacial score (nSPS) is 12.4. The number of nitrogens with one attached hydrogen (secondary N) is 1. The van der Waals surface area contributed by atoms with Gasteiger partial charge < -0.3 is 61.8 Å². The van der Waals surface area contributed by atoms with E-state index in [4.69, 9.17) is 31.4 Å². The van der Waals surface area contributed by atoms with Gasteiger partial charge in [-0.15, -0.1) is 27.5 Å². The highest BCUT2D eigenvalue weighted by Gasteiger charge is 2.38. The summed E-state index contributed by atoms with van der Waals surface area (Å²) < 4.78 is 109. The number of carbonyl (C=O) groups is 6. The monoisotopic (exact) mass is 1500 g/mol. The predicted octanol–water partition coefficient (Wildman–Crippen LogP) is 11.9. The number of halogens is 2. The summed E-state index contributed by atoms with van der Waals surface area (Å²) in [6.45, 7) is 15.1. The number of rotatable bonds is 23. The van der Waals surface area contributed by atoms with Gasteiger partial charge in [-0.25, -0.2) is 0 Å². The molecule has 9 aromatic rings. The van der Waals surface area contributed by atoms with Crippen LogP contribution < -0.4 is 46.5 Å². The summed E-state index contributed by atoms with van der Waals surface area (Å²) in [4.78, 5) is 81.1. The Morgan fingerprint density at radius 1 is 0.434 bits per heavy atom. The number of aromatic hydroxyl groups is 3. The van der Waals surface area contributed by atoms with Crippen LogP contribution in [-0.4, -0.2) is 127 Å². The zero-order valence-corrected chi connectivity index (χ0v) is 58.6. The number of anilines is 6. The minimum absolute atomic E-state index is 0.0130. The van der Waals surface area contributed by atoms with Crippen LogP contribution in [0.4, 0.5) is 41.9 Å². The molecule has 106 heavy (non-hydrogen) atoms. The molecule has 546 valence electrons. The van der Waals surface area contributed by atoms with Crippen molar-refractivity contribution in [3.63, 3.8) is 0 Å². The highest BCUT2D eigenvalue weighted by atomic mass is 32.3.